The number of hydrogen-bond acceptors (Lipinski definition) is 7. The van der Waals surface area contributed by atoms with Gasteiger partial charge in [-0.25, -0.2) is 14.8 Å². The van der Waals surface area contributed by atoms with Gasteiger partial charge < -0.3 is 19.9 Å². The van der Waals surface area contributed by atoms with Crippen molar-refractivity contribution in [3.05, 3.63) is 35.7 Å². The summed E-state index contributed by atoms with van der Waals surface area (Å²) in [7, 11) is 0. The van der Waals surface area contributed by atoms with E-state index in [9.17, 15) is 18.0 Å². The highest BCUT2D eigenvalue weighted by Crippen LogP contribution is 2.33. The number of halogens is 3. The Morgan fingerprint density at radius 1 is 1.06 bits per heavy atom. The molecule has 0 aliphatic carbocycles. The van der Waals surface area contributed by atoms with Crippen LogP contribution in [0.3, 0.4) is 0 Å². The fraction of sp³-hybridized carbons (Fsp3) is 0.600. The van der Waals surface area contributed by atoms with E-state index in [0.717, 1.165) is 43.4 Å². The van der Waals surface area contributed by atoms with E-state index in [1.54, 1.807) is 11.0 Å². The lowest BCUT2D eigenvalue weighted by molar-refractivity contribution is -0.137. The summed E-state index contributed by atoms with van der Waals surface area (Å²) in [5, 5.41) is 2.95. The van der Waals surface area contributed by atoms with E-state index in [4.69, 9.17) is 9.72 Å². The monoisotopic (exact) mass is 506 g/mol. The minimum Gasteiger partial charge on any atom is -0.444 e. The third-order valence-electron chi connectivity index (χ3n) is 6.45. The summed E-state index contributed by atoms with van der Waals surface area (Å²) >= 11 is 0. The van der Waals surface area contributed by atoms with Gasteiger partial charge >= 0.3 is 12.3 Å². The maximum Gasteiger partial charge on any atom is 0.416 e. The second-order valence-electron chi connectivity index (χ2n) is 10.5. The van der Waals surface area contributed by atoms with Crippen molar-refractivity contribution in [1.29, 1.82) is 0 Å². The number of nitrogens with zero attached hydrogens (tertiary/aromatic N) is 5. The van der Waals surface area contributed by atoms with Gasteiger partial charge in [0.2, 0.25) is 5.95 Å². The quantitative estimate of drug-likeness (QED) is 0.566. The van der Waals surface area contributed by atoms with Crippen LogP contribution in [0.4, 0.5) is 35.5 Å². The maximum absolute atomic E-state index is 13.2. The molecule has 0 bridgehead atoms. The van der Waals surface area contributed by atoms with E-state index in [-0.39, 0.29) is 23.9 Å². The van der Waals surface area contributed by atoms with E-state index in [1.165, 1.54) is 0 Å². The van der Waals surface area contributed by atoms with Gasteiger partial charge in [0.05, 0.1) is 11.3 Å². The lowest BCUT2D eigenvalue weighted by Crippen LogP contribution is -2.41. The molecule has 2 aromatic rings. The van der Waals surface area contributed by atoms with Gasteiger partial charge in [-0.15, -0.1) is 0 Å². The van der Waals surface area contributed by atoms with Crippen molar-refractivity contribution < 1.29 is 22.7 Å². The zero-order valence-corrected chi connectivity index (χ0v) is 21.1. The molecule has 2 fully saturated rings. The lowest BCUT2D eigenvalue weighted by atomic mass is 9.93. The molecule has 2 aromatic heterocycles. The number of rotatable bonds is 4. The molecule has 1 amide bonds. The number of aromatic nitrogens is 3. The molecule has 0 aromatic carbocycles. The Labute approximate surface area is 209 Å². The molecule has 2 aliphatic heterocycles. The number of amides is 1. The first-order valence-electron chi connectivity index (χ1n) is 12.3. The molecule has 2 aliphatic rings. The van der Waals surface area contributed by atoms with Gasteiger partial charge in [0.1, 0.15) is 17.2 Å². The van der Waals surface area contributed by atoms with E-state index < -0.39 is 17.3 Å². The predicted octanol–water partition coefficient (Wildman–Crippen LogP) is 5.74. The Balaban J connectivity index is 1.56. The Morgan fingerprint density at radius 2 is 1.78 bits per heavy atom. The van der Waals surface area contributed by atoms with Crippen LogP contribution in [-0.4, -0.2) is 57.2 Å². The van der Waals surface area contributed by atoms with Crippen LogP contribution >= 0.6 is 0 Å². The molecule has 1 atom stereocenters. The third-order valence-corrected chi connectivity index (χ3v) is 6.45. The average molecular weight is 507 g/mol. The smallest absolute Gasteiger partial charge is 0.416 e. The molecule has 0 saturated carbocycles. The summed E-state index contributed by atoms with van der Waals surface area (Å²) in [6, 6.07) is 3.96. The van der Waals surface area contributed by atoms with Gasteiger partial charge in [-0.05, 0) is 65.5 Å². The standard InChI is InChI=1S/C25H33F3N6O2/c1-16-6-5-11-34(16)22-30-19(17-8-12-33(13-9-17)23(35)36-24(2,3)4)15-21(32-22)31-20-14-18(7-10-29-20)25(26,27)28/h7,10,14-17H,5-6,8-9,11-13H2,1-4H3,(H,29,30,31,32)/t16-/m1/s1. The highest BCUT2D eigenvalue weighted by Gasteiger charge is 2.32. The van der Waals surface area contributed by atoms with Crippen molar-refractivity contribution in [1.82, 2.24) is 19.9 Å². The number of carbonyl (C=O) groups is 1. The molecule has 1 N–H and O–H groups in total. The van der Waals surface area contributed by atoms with Crippen LogP contribution in [0.25, 0.3) is 0 Å². The number of hydrogen-bond donors (Lipinski definition) is 1. The van der Waals surface area contributed by atoms with Crippen molar-refractivity contribution in [3.8, 4) is 0 Å². The van der Waals surface area contributed by atoms with Crippen LogP contribution < -0.4 is 10.2 Å². The largest absolute Gasteiger partial charge is 0.444 e. The van der Waals surface area contributed by atoms with Gasteiger partial charge in [0.15, 0.2) is 0 Å². The van der Waals surface area contributed by atoms with Gasteiger partial charge in [-0.1, -0.05) is 0 Å². The van der Waals surface area contributed by atoms with E-state index in [1.807, 2.05) is 20.8 Å². The highest BCUT2D eigenvalue weighted by atomic mass is 19.4. The van der Waals surface area contributed by atoms with E-state index in [0.29, 0.717) is 37.7 Å². The fourth-order valence-electron chi connectivity index (χ4n) is 4.58. The van der Waals surface area contributed by atoms with Crippen molar-refractivity contribution in [2.75, 3.05) is 29.9 Å². The molecule has 0 unspecified atom stereocenters. The molecule has 8 nitrogen and oxygen atoms in total. The van der Waals surface area contributed by atoms with Crippen LogP contribution in [0.1, 0.15) is 70.6 Å². The van der Waals surface area contributed by atoms with Crippen LogP contribution in [0.5, 0.6) is 0 Å². The second-order valence-corrected chi connectivity index (χ2v) is 10.5. The summed E-state index contributed by atoms with van der Waals surface area (Å²) in [5.74, 6) is 1.10. The van der Waals surface area contributed by atoms with Crippen LogP contribution in [0, 0.1) is 0 Å². The zero-order valence-electron chi connectivity index (χ0n) is 21.1. The molecule has 0 spiro atoms. The predicted molar refractivity (Wildman–Crippen MR) is 130 cm³/mol. The number of pyridine rings is 1. The van der Waals surface area contributed by atoms with Crippen molar-refractivity contribution in [3.63, 3.8) is 0 Å². The third kappa shape index (κ3) is 6.36. The Hall–Kier alpha value is -3.11. The summed E-state index contributed by atoms with van der Waals surface area (Å²) in [5.41, 5.74) is -0.533. The molecular weight excluding hydrogens is 473 g/mol. The topological polar surface area (TPSA) is 83.5 Å². The van der Waals surface area contributed by atoms with E-state index >= 15 is 0 Å². The summed E-state index contributed by atoms with van der Waals surface area (Å²) in [6.45, 7) is 9.54. The first-order chi connectivity index (χ1) is 16.9. The summed E-state index contributed by atoms with van der Waals surface area (Å²) in [4.78, 5) is 29.8. The molecule has 36 heavy (non-hydrogen) atoms. The molecule has 2 saturated heterocycles. The van der Waals surface area contributed by atoms with Crippen molar-refractivity contribution >= 4 is 23.7 Å². The average Bonchev–Trinajstić information content (AvgIpc) is 3.23. The Kier molecular flexibility index (Phi) is 7.28. The van der Waals surface area contributed by atoms with Crippen LogP contribution in [0.15, 0.2) is 24.4 Å². The summed E-state index contributed by atoms with van der Waals surface area (Å²) in [6.07, 6.45) is -0.203. The summed E-state index contributed by atoms with van der Waals surface area (Å²) < 4.78 is 45.0. The van der Waals surface area contributed by atoms with Crippen molar-refractivity contribution in [2.45, 2.75) is 77.1 Å². The molecular formula is C25H33F3N6O2. The fourth-order valence-corrected chi connectivity index (χ4v) is 4.58. The molecule has 11 heteroatoms. The first kappa shape index (κ1) is 26.0. The number of carbonyl (C=O) groups excluding carboxylic acids is 1. The van der Waals surface area contributed by atoms with Crippen LogP contribution in [0.2, 0.25) is 0 Å². The number of likely N-dealkylation sites (tertiary alicyclic amines) is 1. The van der Waals surface area contributed by atoms with Gasteiger partial charge in [0.25, 0.3) is 0 Å². The molecule has 0 radical (unpaired) electrons. The SMILES string of the molecule is C[C@@H]1CCCN1c1nc(Nc2cc(C(F)(F)F)ccn2)cc(C2CCN(C(=O)OC(C)(C)C)CC2)n1. The Bertz CT molecular complexity index is 1080. The van der Waals surface area contributed by atoms with Gasteiger partial charge in [-0.2, -0.15) is 18.2 Å². The number of alkyl halides is 3. The molecule has 196 valence electrons. The maximum atomic E-state index is 13.2. The molecule has 4 heterocycles. The molecule has 4 rings (SSSR count). The zero-order chi connectivity index (χ0) is 26.1. The number of piperidine rings is 1. The van der Waals surface area contributed by atoms with E-state index in [2.05, 4.69) is 27.1 Å². The minimum absolute atomic E-state index is 0.0645. The minimum atomic E-state index is -4.46. The lowest BCUT2D eigenvalue weighted by Gasteiger charge is -2.33. The normalized spacial score (nSPS) is 19.5. The van der Waals surface area contributed by atoms with Gasteiger partial charge in [0, 0.05) is 43.9 Å². The Morgan fingerprint density at radius 3 is 2.39 bits per heavy atom. The number of nitrogens with one attached hydrogen (secondary N) is 1. The highest BCUT2D eigenvalue weighted by molar-refractivity contribution is 5.68. The van der Waals surface area contributed by atoms with Gasteiger partial charge in [-0.3, -0.25) is 0 Å². The van der Waals surface area contributed by atoms with Crippen LogP contribution in [-0.2, 0) is 10.9 Å². The number of ether oxygens (including phenoxy) is 1. The van der Waals surface area contributed by atoms with Crippen molar-refractivity contribution in [2.24, 2.45) is 0 Å². The number of anilines is 3. The second kappa shape index (κ2) is 10.1. The first-order valence-corrected chi connectivity index (χ1v) is 12.3.